The summed E-state index contributed by atoms with van der Waals surface area (Å²) < 4.78 is 5.28. The van der Waals surface area contributed by atoms with E-state index in [0.29, 0.717) is 22.5 Å². The van der Waals surface area contributed by atoms with Gasteiger partial charge in [-0.1, -0.05) is 0 Å². The molecule has 0 saturated carbocycles. The number of aromatic nitrogens is 2. The molecule has 2 rings (SSSR count). The molecule has 0 aromatic carbocycles. The van der Waals surface area contributed by atoms with E-state index in [9.17, 15) is 4.79 Å². The summed E-state index contributed by atoms with van der Waals surface area (Å²) in [5, 5.41) is 0.623. The molecule has 0 unspecified atom stereocenters. The zero-order chi connectivity index (χ0) is 10.3. The van der Waals surface area contributed by atoms with Crippen LogP contribution in [0.4, 0.5) is 5.82 Å². The molecule has 0 spiro atoms. The number of nitrogens with zero attached hydrogens (tertiary/aromatic N) is 2. The summed E-state index contributed by atoms with van der Waals surface area (Å²) in [5.74, 6) is 0.986. The highest BCUT2D eigenvalue weighted by atomic mass is 16.3. The number of hydrogen-bond acceptors (Lipinski definition) is 5. The second-order valence-electron chi connectivity index (χ2n) is 3.03. The van der Waals surface area contributed by atoms with Crippen LogP contribution in [0.5, 0.6) is 0 Å². The molecule has 0 bridgehead atoms. The van der Waals surface area contributed by atoms with E-state index in [4.69, 9.17) is 10.2 Å². The van der Waals surface area contributed by atoms with E-state index in [0.717, 1.165) is 0 Å². The topological polar surface area (TPSA) is 82.0 Å². The molecule has 0 saturated heterocycles. The Kier molecular flexibility index (Phi) is 1.73. The highest BCUT2D eigenvalue weighted by molar-refractivity contribution is 6.06. The first-order valence-electron chi connectivity index (χ1n) is 4.11. The second kappa shape index (κ2) is 2.80. The van der Waals surface area contributed by atoms with Crippen LogP contribution in [0.3, 0.4) is 0 Å². The predicted molar refractivity (Wildman–Crippen MR) is 51.0 cm³/mol. The number of nitrogen functional groups attached to an aromatic ring is 1. The molecule has 0 radical (unpaired) electrons. The van der Waals surface area contributed by atoms with Gasteiger partial charge in [0.25, 0.3) is 0 Å². The monoisotopic (exact) mass is 191 g/mol. The molecule has 0 atom stereocenters. The van der Waals surface area contributed by atoms with E-state index >= 15 is 0 Å². The van der Waals surface area contributed by atoms with Crippen LogP contribution in [-0.4, -0.2) is 15.8 Å². The molecule has 5 nitrogen and oxygen atoms in total. The minimum Gasteiger partial charge on any atom is -0.455 e. The predicted octanol–water partition coefficient (Wildman–Crippen LogP) is 1.32. The van der Waals surface area contributed by atoms with E-state index in [1.807, 2.05) is 0 Å². The average Bonchev–Trinajstić information content (AvgIpc) is 2.45. The van der Waals surface area contributed by atoms with E-state index in [1.54, 1.807) is 6.92 Å². The number of nitrogens with two attached hydrogens (primary N) is 1. The molecule has 0 amide bonds. The van der Waals surface area contributed by atoms with Gasteiger partial charge in [-0.15, -0.1) is 0 Å². The van der Waals surface area contributed by atoms with Gasteiger partial charge in [-0.3, -0.25) is 4.79 Å². The molecule has 0 aliphatic carbocycles. The summed E-state index contributed by atoms with van der Waals surface area (Å²) in [6.07, 6.45) is 1.32. The molecule has 0 aliphatic heterocycles. The molecule has 5 heteroatoms. The smallest absolute Gasteiger partial charge is 0.197 e. The van der Waals surface area contributed by atoms with Crippen molar-refractivity contribution in [1.82, 2.24) is 9.97 Å². The minimum atomic E-state index is -0.166. The normalized spacial score (nSPS) is 10.7. The Balaban J connectivity index is 2.91. The van der Waals surface area contributed by atoms with Crippen LogP contribution in [-0.2, 0) is 0 Å². The Morgan fingerprint density at radius 2 is 2.21 bits per heavy atom. The van der Waals surface area contributed by atoms with Gasteiger partial charge in [-0.2, -0.15) is 0 Å². The largest absolute Gasteiger partial charge is 0.455 e. The second-order valence-corrected chi connectivity index (χ2v) is 3.03. The van der Waals surface area contributed by atoms with Gasteiger partial charge in [-0.05, 0) is 6.92 Å². The van der Waals surface area contributed by atoms with Gasteiger partial charge in [0, 0.05) is 6.92 Å². The number of ketones is 1. The molecular weight excluding hydrogens is 182 g/mol. The number of carbonyl (C=O) groups is 1. The van der Waals surface area contributed by atoms with E-state index < -0.39 is 0 Å². The van der Waals surface area contributed by atoms with Crippen molar-refractivity contribution in [1.29, 1.82) is 0 Å². The Bertz CT molecular complexity index is 516. The Morgan fingerprint density at radius 1 is 1.50 bits per heavy atom. The van der Waals surface area contributed by atoms with Crippen LogP contribution in [0.1, 0.15) is 23.2 Å². The molecule has 0 fully saturated rings. The molecule has 0 aliphatic rings. The number of Topliss-reactive ketones (excluding diaryl/α,β-unsaturated/α-hetero) is 1. The Labute approximate surface area is 79.9 Å². The van der Waals surface area contributed by atoms with Crippen LogP contribution < -0.4 is 5.73 Å². The number of carbonyl (C=O) groups excluding carboxylic acids is 1. The number of anilines is 1. The van der Waals surface area contributed by atoms with E-state index in [2.05, 4.69) is 9.97 Å². The summed E-state index contributed by atoms with van der Waals surface area (Å²) in [4.78, 5) is 19.0. The van der Waals surface area contributed by atoms with Crippen molar-refractivity contribution in [3.63, 3.8) is 0 Å². The number of aryl methyl sites for hydroxylation is 1. The molecule has 2 aromatic heterocycles. The van der Waals surface area contributed by atoms with Crippen LogP contribution in [0.2, 0.25) is 0 Å². The van der Waals surface area contributed by atoms with Crippen LogP contribution in [0.25, 0.3) is 10.9 Å². The summed E-state index contributed by atoms with van der Waals surface area (Å²) in [6, 6.07) is 0. The lowest BCUT2D eigenvalue weighted by molar-refractivity contribution is 0.0988. The van der Waals surface area contributed by atoms with E-state index in [1.165, 1.54) is 13.3 Å². The Hall–Kier alpha value is -1.91. The standard InChI is InChI=1S/C9H9N3O2/c1-4(13)8-7-6(5(2)14-8)9(10)12-3-11-7/h3H,1-2H3,(H2,10,11,12). The third-order valence-corrected chi connectivity index (χ3v) is 2.02. The summed E-state index contributed by atoms with van der Waals surface area (Å²) in [6.45, 7) is 3.16. The van der Waals surface area contributed by atoms with Gasteiger partial charge in [0.2, 0.25) is 0 Å². The van der Waals surface area contributed by atoms with Crippen molar-refractivity contribution in [2.45, 2.75) is 13.8 Å². The fourth-order valence-electron chi connectivity index (χ4n) is 1.41. The Morgan fingerprint density at radius 3 is 2.86 bits per heavy atom. The third-order valence-electron chi connectivity index (χ3n) is 2.02. The maximum absolute atomic E-state index is 11.2. The zero-order valence-corrected chi connectivity index (χ0v) is 7.87. The molecule has 2 N–H and O–H groups in total. The quantitative estimate of drug-likeness (QED) is 0.687. The van der Waals surface area contributed by atoms with Gasteiger partial charge in [0.05, 0.1) is 5.39 Å². The van der Waals surface area contributed by atoms with Crippen LogP contribution >= 0.6 is 0 Å². The minimum absolute atomic E-state index is 0.166. The lowest BCUT2D eigenvalue weighted by Crippen LogP contribution is -1.94. The number of furan rings is 1. The first kappa shape index (κ1) is 8.68. The maximum Gasteiger partial charge on any atom is 0.197 e. The fraction of sp³-hybridized carbons (Fsp3) is 0.222. The van der Waals surface area contributed by atoms with Crippen molar-refractivity contribution in [2.24, 2.45) is 0 Å². The molecular formula is C9H9N3O2. The first-order chi connectivity index (χ1) is 6.61. The lowest BCUT2D eigenvalue weighted by Gasteiger charge is -1.93. The van der Waals surface area contributed by atoms with Gasteiger partial charge in [0.1, 0.15) is 23.4 Å². The summed E-state index contributed by atoms with van der Waals surface area (Å²) >= 11 is 0. The molecule has 2 heterocycles. The highest BCUT2D eigenvalue weighted by Crippen LogP contribution is 2.26. The lowest BCUT2D eigenvalue weighted by atomic mass is 10.2. The summed E-state index contributed by atoms with van der Waals surface area (Å²) in [5.41, 5.74) is 6.14. The molecule has 14 heavy (non-hydrogen) atoms. The van der Waals surface area contributed by atoms with E-state index in [-0.39, 0.29) is 11.5 Å². The number of hydrogen-bond donors (Lipinski definition) is 1. The highest BCUT2D eigenvalue weighted by Gasteiger charge is 2.17. The van der Waals surface area contributed by atoms with Crippen LogP contribution in [0, 0.1) is 6.92 Å². The van der Waals surface area contributed by atoms with Crippen molar-refractivity contribution >= 4 is 22.5 Å². The average molecular weight is 191 g/mol. The maximum atomic E-state index is 11.2. The van der Waals surface area contributed by atoms with Crippen molar-refractivity contribution < 1.29 is 9.21 Å². The van der Waals surface area contributed by atoms with Crippen molar-refractivity contribution in [3.05, 3.63) is 17.8 Å². The fourth-order valence-corrected chi connectivity index (χ4v) is 1.41. The molecule has 2 aromatic rings. The van der Waals surface area contributed by atoms with Gasteiger partial charge < -0.3 is 10.2 Å². The SMILES string of the molecule is CC(=O)c1oc(C)c2c(N)ncnc12. The number of rotatable bonds is 1. The zero-order valence-electron chi connectivity index (χ0n) is 7.87. The van der Waals surface area contributed by atoms with Crippen molar-refractivity contribution in [3.8, 4) is 0 Å². The molecule has 72 valence electrons. The van der Waals surface area contributed by atoms with Gasteiger partial charge >= 0.3 is 0 Å². The number of fused-ring (bicyclic) bond motifs is 1. The van der Waals surface area contributed by atoms with Gasteiger partial charge in [-0.25, -0.2) is 9.97 Å². The van der Waals surface area contributed by atoms with Crippen molar-refractivity contribution in [2.75, 3.05) is 5.73 Å². The van der Waals surface area contributed by atoms with Crippen LogP contribution in [0.15, 0.2) is 10.7 Å². The van der Waals surface area contributed by atoms with Gasteiger partial charge in [0.15, 0.2) is 11.5 Å². The summed E-state index contributed by atoms with van der Waals surface area (Å²) in [7, 11) is 0. The first-order valence-corrected chi connectivity index (χ1v) is 4.11. The third kappa shape index (κ3) is 1.06.